The van der Waals surface area contributed by atoms with Crippen molar-refractivity contribution in [1.82, 2.24) is 5.32 Å². The normalized spacial score (nSPS) is 38.0. The molecule has 100 valence electrons. The Morgan fingerprint density at radius 3 is 2.58 bits per heavy atom. The van der Waals surface area contributed by atoms with E-state index in [2.05, 4.69) is 5.32 Å². The van der Waals surface area contributed by atoms with E-state index >= 15 is 0 Å². The molecule has 2 bridgehead atoms. The molecule has 3 saturated carbocycles. The number of carbonyl (C=O) groups is 1. The van der Waals surface area contributed by atoms with Crippen LogP contribution in [0.1, 0.15) is 24.8 Å². The summed E-state index contributed by atoms with van der Waals surface area (Å²) in [7, 11) is 0. The average molecular weight is 256 g/mol. The van der Waals surface area contributed by atoms with E-state index in [4.69, 9.17) is 5.73 Å². The van der Waals surface area contributed by atoms with E-state index < -0.39 is 0 Å². The lowest BCUT2D eigenvalue weighted by Gasteiger charge is -2.11. The molecule has 0 spiro atoms. The number of rotatable bonds is 3. The molecular weight excluding hydrogens is 236 g/mol. The Morgan fingerprint density at radius 1 is 1.21 bits per heavy atom. The predicted molar refractivity (Wildman–Crippen MR) is 74.3 cm³/mol. The van der Waals surface area contributed by atoms with Gasteiger partial charge in [0.2, 0.25) is 5.91 Å². The van der Waals surface area contributed by atoms with Gasteiger partial charge in [-0.05, 0) is 54.6 Å². The lowest BCUT2D eigenvalue weighted by Crippen LogP contribution is -2.31. The molecule has 1 aromatic rings. The first-order chi connectivity index (χ1) is 9.24. The maximum absolute atomic E-state index is 12.1. The molecule has 3 heteroatoms. The molecule has 1 aromatic carbocycles. The van der Waals surface area contributed by atoms with Crippen LogP contribution in [0, 0.1) is 23.7 Å². The first kappa shape index (κ1) is 11.3. The van der Waals surface area contributed by atoms with Crippen molar-refractivity contribution < 1.29 is 4.79 Å². The van der Waals surface area contributed by atoms with E-state index in [-0.39, 0.29) is 5.91 Å². The maximum atomic E-state index is 12.1. The molecule has 3 fully saturated rings. The molecule has 0 heterocycles. The Balaban J connectivity index is 1.38. The highest BCUT2D eigenvalue weighted by Crippen LogP contribution is 2.65. The number of nitrogens with two attached hydrogens (primary N) is 1. The van der Waals surface area contributed by atoms with Crippen molar-refractivity contribution in [3.8, 4) is 0 Å². The minimum Gasteiger partial charge on any atom is -0.398 e. The van der Waals surface area contributed by atoms with Gasteiger partial charge in [0.05, 0.1) is 6.42 Å². The molecule has 0 aliphatic heterocycles. The van der Waals surface area contributed by atoms with Crippen molar-refractivity contribution in [2.24, 2.45) is 23.7 Å². The number of carbonyl (C=O) groups excluding carboxylic acids is 1. The van der Waals surface area contributed by atoms with Crippen LogP contribution in [0.4, 0.5) is 5.69 Å². The van der Waals surface area contributed by atoms with Gasteiger partial charge in [0.15, 0.2) is 0 Å². The highest BCUT2D eigenvalue weighted by molar-refractivity contribution is 5.81. The van der Waals surface area contributed by atoms with Crippen LogP contribution in [-0.4, -0.2) is 11.9 Å². The number of fused-ring (bicyclic) bond motifs is 5. The Hall–Kier alpha value is -1.51. The largest absolute Gasteiger partial charge is 0.398 e. The molecule has 3 nitrogen and oxygen atoms in total. The zero-order valence-electron chi connectivity index (χ0n) is 11.0. The van der Waals surface area contributed by atoms with Crippen molar-refractivity contribution in [3.05, 3.63) is 29.8 Å². The Morgan fingerprint density at radius 2 is 1.89 bits per heavy atom. The molecule has 4 rings (SSSR count). The van der Waals surface area contributed by atoms with E-state index in [0.29, 0.717) is 18.2 Å². The number of anilines is 1. The van der Waals surface area contributed by atoms with E-state index in [1.54, 1.807) is 0 Å². The molecule has 4 unspecified atom stereocenters. The fourth-order valence-electron chi connectivity index (χ4n) is 4.62. The Bertz CT molecular complexity index is 511. The smallest absolute Gasteiger partial charge is 0.224 e. The molecule has 0 radical (unpaired) electrons. The van der Waals surface area contributed by atoms with Crippen molar-refractivity contribution in [1.29, 1.82) is 0 Å². The van der Waals surface area contributed by atoms with Crippen LogP contribution in [0.25, 0.3) is 0 Å². The fourth-order valence-corrected chi connectivity index (χ4v) is 4.62. The van der Waals surface area contributed by atoms with E-state index in [1.165, 1.54) is 19.3 Å². The first-order valence-electron chi connectivity index (χ1n) is 7.37. The lowest BCUT2D eigenvalue weighted by molar-refractivity contribution is -0.120. The van der Waals surface area contributed by atoms with Crippen molar-refractivity contribution in [3.63, 3.8) is 0 Å². The third kappa shape index (κ3) is 1.75. The van der Waals surface area contributed by atoms with Gasteiger partial charge >= 0.3 is 0 Å². The molecule has 3 aliphatic rings. The number of benzene rings is 1. The second kappa shape index (κ2) is 3.99. The van der Waals surface area contributed by atoms with Crippen LogP contribution in [0.2, 0.25) is 0 Å². The highest BCUT2D eigenvalue weighted by atomic mass is 16.1. The molecule has 0 aromatic heterocycles. The second-order valence-electron chi connectivity index (χ2n) is 6.46. The highest BCUT2D eigenvalue weighted by Gasteiger charge is 2.65. The quantitative estimate of drug-likeness (QED) is 0.812. The molecule has 4 atom stereocenters. The van der Waals surface area contributed by atoms with E-state index in [9.17, 15) is 4.79 Å². The summed E-state index contributed by atoms with van der Waals surface area (Å²) in [6, 6.07) is 8.11. The topological polar surface area (TPSA) is 55.1 Å². The van der Waals surface area contributed by atoms with Gasteiger partial charge in [-0.15, -0.1) is 0 Å². The van der Waals surface area contributed by atoms with Crippen LogP contribution in [-0.2, 0) is 11.2 Å². The molecule has 0 saturated heterocycles. The summed E-state index contributed by atoms with van der Waals surface area (Å²) >= 11 is 0. The molecule has 3 N–H and O–H groups in total. The number of para-hydroxylation sites is 1. The van der Waals surface area contributed by atoms with Gasteiger partial charge < -0.3 is 11.1 Å². The summed E-state index contributed by atoms with van der Waals surface area (Å²) in [4.78, 5) is 12.1. The van der Waals surface area contributed by atoms with Gasteiger partial charge in [0.25, 0.3) is 0 Å². The molecular formula is C16H20N2O. The van der Waals surface area contributed by atoms with Crippen LogP contribution in [0.3, 0.4) is 0 Å². The number of nitrogen functional groups attached to an aromatic ring is 1. The van der Waals surface area contributed by atoms with Gasteiger partial charge in [-0.2, -0.15) is 0 Å². The standard InChI is InChI=1S/C16H20N2O/c17-12-4-2-1-3-9(12)8-13(19)18-16-14-10-5-6-11(7-10)15(14)16/h1-4,10-11,14-16H,5-8,17H2,(H,18,19). The fraction of sp³-hybridized carbons (Fsp3) is 0.562. The Kier molecular flexibility index (Phi) is 2.38. The average Bonchev–Trinajstić information content (AvgIpc) is 2.81. The van der Waals surface area contributed by atoms with Gasteiger partial charge in [-0.1, -0.05) is 18.2 Å². The van der Waals surface area contributed by atoms with E-state index in [0.717, 1.165) is 29.2 Å². The van der Waals surface area contributed by atoms with Crippen LogP contribution < -0.4 is 11.1 Å². The Labute approximate surface area is 113 Å². The zero-order valence-corrected chi connectivity index (χ0v) is 11.0. The number of nitrogens with one attached hydrogen (secondary N) is 1. The molecule has 1 amide bonds. The molecule has 19 heavy (non-hydrogen) atoms. The summed E-state index contributed by atoms with van der Waals surface area (Å²) in [5.74, 6) is 3.55. The summed E-state index contributed by atoms with van der Waals surface area (Å²) in [5.41, 5.74) is 7.54. The van der Waals surface area contributed by atoms with Crippen molar-refractivity contribution in [2.75, 3.05) is 5.73 Å². The van der Waals surface area contributed by atoms with Gasteiger partial charge in [0.1, 0.15) is 0 Å². The maximum Gasteiger partial charge on any atom is 0.224 e. The monoisotopic (exact) mass is 256 g/mol. The van der Waals surface area contributed by atoms with Crippen LogP contribution in [0.5, 0.6) is 0 Å². The minimum absolute atomic E-state index is 0.136. The first-order valence-corrected chi connectivity index (χ1v) is 7.37. The van der Waals surface area contributed by atoms with Crippen molar-refractivity contribution in [2.45, 2.75) is 31.7 Å². The number of amides is 1. The third-order valence-corrected chi connectivity index (χ3v) is 5.47. The van der Waals surface area contributed by atoms with Crippen LogP contribution in [0.15, 0.2) is 24.3 Å². The zero-order chi connectivity index (χ0) is 13.0. The lowest BCUT2D eigenvalue weighted by atomic mass is 10.0. The summed E-state index contributed by atoms with van der Waals surface area (Å²) in [5, 5.41) is 3.24. The van der Waals surface area contributed by atoms with E-state index in [1.807, 2.05) is 24.3 Å². The summed E-state index contributed by atoms with van der Waals surface area (Å²) < 4.78 is 0. The van der Waals surface area contributed by atoms with Crippen LogP contribution >= 0.6 is 0 Å². The van der Waals surface area contributed by atoms with Gasteiger partial charge in [-0.25, -0.2) is 0 Å². The van der Waals surface area contributed by atoms with Gasteiger partial charge in [0, 0.05) is 11.7 Å². The minimum atomic E-state index is 0.136. The third-order valence-electron chi connectivity index (χ3n) is 5.47. The predicted octanol–water partition coefficient (Wildman–Crippen LogP) is 1.97. The second-order valence-corrected chi connectivity index (χ2v) is 6.46. The summed E-state index contributed by atoms with van der Waals surface area (Å²) in [6.07, 6.45) is 4.62. The number of hydrogen-bond acceptors (Lipinski definition) is 2. The number of hydrogen-bond donors (Lipinski definition) is 2. The van der Waals surface area contributed by atoms with Crippen molar-refractivity contribution >= 4 is 11.6 Å². The SMILES string of the molecule is Nc1ccccc1CC(=O)NC1C2C3CCC(C3)C12. The summed E-state index contributed by atoms with van der Waals surface area (Å²) in [6.45, 7) is 0. The molecule has 3 aliphatic carbocycles. The van der Waals surface area contributed by atoms with Gasteiger partial charge in [-0.3, -0.25) is 4.79 Å².